The van der Waals surface area contributed by atoms with Gasteiger partial charge in [-0.2, -0.15) is 5.10 Å². The van der Waals surface area contributed by atoms with Crippen LogP contribution in [0.25, 0.3) is 11.1 Å². The van der Waals surface area contributed by atoms with Crippen molar-refractivity contribution in [3.63, 3.8) is 0 Å². The van der Waals surface area contributed by atoms with E-state index in [4.69, 9.17) is 33.7 Å². The van der Waals surface area contributed by atoms with E-state index < -0.39 is 20.7 Å². The average molecular weight is 561 g/mol. The van der Waals surface area contributed by atoms with Crippen molar-refractivity contribution in [1.82, 2.24) is 15.2 Å². The highest BCUT2D eigenvalue weighted by molar-refractivity contribution is 7.92. The summed E-state index contributed by atoms with van der Waals surface area (Å²) >= 11 is 13.5. The van der Waals surface area contributed by atoms with Gasteiger partial charge < -0.3 is 10.5 Å². The minimum atomic E-state index is -4.25. The highest BCUT2D eigenvalue weighted by atomic mass is 35.5. The summed E-state index contributed by atoms with van der Waals surface area (Å²) in [6.07, 6.45) is 1.48. The fraction of sp³-hybridized carbons (Fsp3) is 0.182. The van der Waals surface area contributed by atoms with Crippen molar-refractivity contribution in [1.29, 1.82) is 0 Å². The van der Waals surface area contributed by atoms with Crippen molar-refractivity contribution >= 4 is 56.2 Å². The number of aromatic nitrogens is 3. The number of nitrogens with one attached hydrogen (secondary N) is 2. The quantitative estimate of drug-likeness (QED) is 0.229. The monoisotopic (exact) mass is 559 g/mol. The van der Waals surface area contributed by atoms with Crippen LogP contribution in [0.1, 0.15) is 27.7 Å². The van der Waals surface area contributed by atoms with Gasteiger partial charge in [0.25, 0.3) is 10.0 Å². The van der Waals surface area contributed by atoms with Gasteiger partial charge in [0.05, 0.1) is 16.7 Å². The zero-order valence-electron chi connectivity index (χ0n) is 19.3. The number of sulfonamides is 1. The predicted octanol–water partition coefficient (Wildman–Crippen LogP) is 7.21. The molecule has 4 aromatic rings. The summed E-state index contributed by atoms with van der Waals surface area (Å²) < 4.78 is 47.7. The molecule has 0 saturated carbocycles. The molecule has 0 aliphatic carbocycles. The molecule has 0 unspecified atom stereocenters. The van der Waals surface area contributed by atoms with E-state index in [1.165, 1.54) is 28.4 Å². The Morgan fingerprint density at radius 3 is 2.40 bits per heavy atom. The van der Waals surface area contributed by atoms with Gasteiger partial charge in [-0.15, -0.1) is 11.3 Å². The molecule has 0 aliphatic rings. The maximum atomic E-state index is 14.7. The first-order valence-corrected chi connectivity index (χ1v) is 13.6. The highest BCUT2D eigenvalue weighted by Gasteiger charge is 2.23. The third kappa shape index (κ3) is 6.85. The number of H-pyrrole nitrogens is 1. The fourth-order valence-electron chi connectivity index (χ4n) is 2.68. The molecule has 0 aliphatic heterocycles. The van der Waals surface area contributed by atoms with Crippen molar-refractivity contribution in [2.75, 3.05) is 10.5 Å². The van der Waals surface area contributed by atoms with E-state index >= 15 is 0 Å². The molecule has 0 radical (unpaired) electrons. The van der Waals surface area contributed by atoms with E-state index in [2.05, 4.69) is 19.9 Å². The van der Waals surface area contributed by atoms with Gasteiger partial charge in [-0.25, -0.2) is 17.8 Å². The van der Waals surface area contributed by atoms with Gasteiger partial charge in [-0.05, 0) is 24.3 Å². The van der Waals surface area contributed by atoms with Gasteiger partial charge in [-0.3, -0.25) is 9.82 Å². The molecule has 35 heavy (non-hydrogen) atoms. The second-order valence-corrected chi connectivity index (χ2v) is 9.35. The van der Waals surface area contributed by atoms with Gasteiger partial charge in [0.2, 0.25) is 0 Å². The summed E-state index contributed by atoms with van der Waals surface area (Å²) in [6, 6.07) is 6.56. The molecule has 0 atom stereocenters. The lowest BCUT2D eigenvalue weighted by atomic mass is 10.1. The molecule has 0 fully saturated rings. The Morgan fingerprint density at radius 2 is 1.80 bits per heavy atom. The Bertz CT molecular complexity index is 1360. The number of nitrogens with two attached hydrogens (primary N) is 1. The Kier molecular flexibility index (Phi) is 10.3. The third-order valence-corrected chi connectivity index (χ3v) is 6.55. The van der Waals surface area contributed by atoms with Gasteiger partial charge in [0, 0.05) is 27.6 Å². The molecule has 8 nitrogen and oxygen atoms in total. The van der Waals surface area contributed by atoms with Crippen LogP contribution in [-0.4, -0.2) is 23.6 Å². The van der Waals surface area contributed by atoms with Crippen molar-refractivity contribution in [3.8, 4) is 22.6 Å². The predicted molar refractivity (Wildman–Crippen MR) is 141 cm³/mol. The molecule has 2 aromatic carbocycles. The number of halogens is 3. The van der Waals surface area contributed by atoms with Crippen molar-refractivity contribution < 1.29 is 17.5 Å². The first-order valence-electron chi connectivity index (χ1n) is 10.4. The van der Waals surface area contributed by atoms with Crippen molar-refractivity contribution in [2.45, 2.75) is 32.6 Å². The number of hydrogen-bond donors (Lipinski definition) is 3. The van der Waals surface area contributed by atoms with E-state index in [1.807, 2.05) is 27.7 Å². The molecule has 4 rings (SSSR count). The maximum absolute atomic E-state index is 14.7. The minimum Gasteiger partial charge on any atom is -0.455 e. The van der Waals surface area contributed by atoms with Gasteiger partial charge in [0.1, 0.15) is 28.0 Å². The lowest BCUT2D eigenvalue weighted by Crippen LogP contribution is -2.15. The number of nitrogen functional groups attached to an aromatic ring is 1. The molecule has 0 spiro atoms. The number of thiazole rings is 1. The summed E-state index contributed by atoms with van der Waals surface area (Å²) in [4.78, 5) is 3.17. The minimum absolute atomic E-state index is 0.0735. The topological polar surface area (TPSA) is 123 Å². The van der Waals surface area contributed by atoms with Crippen LogP contribution in [0.2, 0.25) is 10.0 Å². The zero-order valence-corrected chi connectivity index (χ0v) is 22.4. The van der Waals surface area contributed by atoms with E-state index in [1.54, 1.807) is 18.2 Å². The van der Waals surface area contributed by atoms with E-state index in [9.17, 15) is 12.8 Å². The first-order chi connectivity index (χ1) is 16.7. The van der Waals surface area contributed by atoms with E-state index in [0.29, 0.717) is 16.1 Å². The zero-order chi connectivity index (χ0) is 26.2. The Hall–Kier alpha value is -2.86. The summed E-state index contributed by atoms with van der Waals surface area (Å²) in [5, 5.41) is 8.23. The third-order valence-electron chi connectivity index (χ3n) is 4.07. The molecule has 0 amide bonds. The highest BCUT2D eigenvalue weighted by Crippen LogP contribution is 2.40. The number of nitrogens with zero attached hydrogens (tertiary/aromatic N) is 2. The van der Waals surface area contributed by atoms with Gasteiger partial charge in [-0.1, -0.05) is 50.9 Å². The van der Waals surface area contributed by atoms with E-state index in [-0.39, 0.29) is 28.2 Å². The van der Waals surface area contributed by atoms with Crippen molar-refractivity contribution in [2.24, 2.45) is 0 Å². The Balaban J connectivity index is 0.00000103. The Morgan fingerprint density at radius 1 is 1.09 bits per heavy atom. The molecule has 2 heterocycles. The maximum Gasteiger partial charge on any atom is 0.266 e. The summed E-state index contributed by atoms with van der Waals surface area (Å²) in [7, 11) is -4.25. The standard InChI is InChI=1S/C18H12Cl2FN5O3S2.2C2H6/c19-9-1-2-14(10(3-9)11-6-24-25-18(11)22)29-15-5-13(21)16(4-12(15)20)31(27,28)26-17-7-30-8-23-17;2*1-2/h1-8,26H,(H3,22,24,25);2*1-2H3. The van der Waals surface area contributed by atoms with Crippen LogP contribution in [0.5, 0.6) is 11.5 Å². The molecule has 13 heteroatoms. The second kappa shape index (κ2) is 12.7. The lowest BCUT2D eigenvalue weighted by molar-refractivity contribution is 0.475. The normalized spacial score (nSPS) is 10.5. The lowest BCUT2D eigenvalue weighted by Gasteiger charge is -2.14. The molecular formula is C22H24Cl2FN5O3S2. The van der Waals surface area contributed by atoms with E-state index in [0.717, 1.165) is 12.1 Å². The number of ether oxygens (including phenoxy) is 1. The van der Waals surface area contributed by atoms with Crippen LogP contribution in [-0.2, 0) is 10.0 Å². The summed E-state index contributed by atoms with van der Waals surface area (Å²) in [6.45, 7) is 8.00. The van der Waals surface area contributed by atoms with Crippen LogP contribution in [0, 0.1) is 5.82 Å². The second-order valence-electron chi connectivity index (χ2n) is 6.13. The smallest absolute Gasteiger partial charge is 0.266 e. The molecule has 188 valence electrons. The SMILES string of the molecule is CC.CC.Nc1[nH]ncc1-c1cc(Cl)ccc1Oc1cc(F)c(S(=O)(=O)Nc2cscn2)cc1Cl. The largest absolute Gasteiger partial charge is 0.455 e. The summed E-state index contributed by atoms with van der Waals surface area (Å²) in [5.41, 5.74) is 8.32. The van der Waals surface area contributed by atoms with Crippen LogP contribution < -0.4 is 15.2 Å². The van der Waals surface area contributed by atoms with Crippen LogP contribution in [0.3, 0.4) is 0 Å². The summed E-state index contributed by atoms with van der Waals surface area (Å²) in [5.74, 6) is -0.545. The molecular weight excluding hydrogens is 536 g/mol. The number of aromatic amines is 1. The molecule has 2 aromatic heterocycles. The van der Waals surface area contributed by atoms with Gasteiger partial charge in [0.15, 0.2) is 5.82 Å². The number of anilines is 2. The Labute approximate surface area is 217 Å². The first kappa shape index (κ1) is 28.4. The van der Waals surface area contributed by atoms with Gasteiger partial charge >= 0.3 is 0 Å². The van der Waals surface area contributed by atoms with Crippen LogP contribution >= 0.6 is 34.5 Å². The fourth-order valence-corrected chi connectivity index (χ4v) is 4.76. The van der Waals surface area contributed by atoms with Crippen LogP contribution in [0.4, 0.5) is 16.0 Å². The average Bonchev–Trinajstić information content (AvgIpc) is 3.51. The van der Waals surface area contributed by atoms with Crippen molar-refractivity contribution in [3.05, 3.63) is 63.3 Å². The number of hydrogen-bond acceptors (Lipinski definition) is 7. The van der Waals surface area contributed by atoms with Crippen LogP contribution in [0.15, 0.2) is 52.3 Å². The number of benzene rings is 2. The molecule has 0 bridgehead atoms. The number of rotatable bonds is 6. The molecule has 4 N–H and O–H groups in total. The molecule has 0 saturated heterocycles.